The molecular formula is C17H12ClN5OS. The van der Waals surface area contributed by atoms with E-state index < -0.39 is 0 Å². The van der Waals surface area contributed by atoms with E-state index in [0.29, 0.717) is 27.3 Å². The summed E-state index contributed by atoms with van der Waals surface area (Å²) in [6.07, 6.45) is 0. The number of carbonyl (C=O) groups excluding carboxylic acids is 1. The highest BCUT2D eigenvalue weighted by Crippen LogP contribution is 2.21. The maximum Gasteiger partial charge on any atom is 0.234 e. The van der Waals surface area contributed by atoms with Gasteiger partial charge in [-0.15, -0.1) is 5.10 Å². The Labute approximate surface area is 153 Å². The predicted molar refractivity (Wildman–Crippen MR) is 97.3 cm³/mol. The Balaban J connectivity index is 1.59. The van der Waals surface area contributed by atoms with Gasteiger partial charge in [-0.25, -0.2) is 4.98 Å². The van der Waals surface area contributed by atoms with Crippen molar-refractivity contribution >= 4 is 35.0 Å². The normalized spacial score (nSPS) is 10.2. The van der Waals surface area contributed by atoms with Crippen molar-refractivity contribution < 1.29 is 4.79 Å². The molecule has 6 nitrogen and oxygen atoms in total. The number of carbonyl (C=O) groups is 1. The van der Waals surface area contributed by atoms with Gasteiger partial charge < -0.3 is 5.32 Å². The Hall–Kier alpha value is -2.82. The molecule has 0 saturated carbocycles. The van der Waals surface area contributed by atoms with Crippen molar-refractivity contribution in [2.24, 2.45) is 0 Å². The number of amides is 1. The number of benzene rings is 2. The fraction of sp³-hybridized carbons (Fsp3) is 0.0588. The Morgan fingerprint density at radius 1 is 1.24 bits per heavy atom. The van der Waals surface area contributed by atoms with Crippen LogP contribution < -0.4 is 5.32 Å². The third kappa shape index (κ3) is 4.38. The molecule has 0 saturated heterocycles. The molecule has 3 rings (SSSR count). The van der Waals surface area contributed by atoms with Gasteiger partial charge >= 0.3 is 0 Å². The fourth-order valence-electron chi connectivity index (χ4n) is 2.05. The zero-order valence-electron chi connectivity index (χ0n) is 12.9. The minimum atomic E-state index is -0.231. The first-order chi connectivity index (χ1) is 12.2. The number of para-hydroxylation sites is 1. The number of nitriles is 1. The molecule has 1 aromatic heterocycles. The van der Waals surface area contributed by atoms with Gasteiger partial charge in [0.15, 0.2) is 5.82 Å². The van der Waals surface area contributed by atoms with E-state index in [1.165, 1.54) is 11.8 Å². The van der Waals surface area contributed by atoms with E-state index in [2.05, 4.69) is 20.5 Å². The molecule has 1 heterocycles. The van der Waals surface area contributed by atoms with Crippen LogP contribution in [0.5, 0.6) is 0 Å². The number of nitrogens with zero attached hydrogens (tertiary/aromatic N) is 3. The molecule has 0 spiro atoms. The maximum absolute atomic E-state index is 12.0. The van der Waals surface area contributed by atoms with Gasteiger partial charge in [0.2, 0.25) is 11.1 Å². The van der Waals surface area contributed by atoms with Crippen LogP contribution in [0.4, 0.5) is 5.69 Å². The summed E-state index contributed by atoms with van der Waals surface area (Å²) in [6, 6.07) is 16.1. The van der Waals surface area contributed by atoms with Gasteiger partial charge in [-0.3, -0.25) is 9.89 Å². The zero-order chi connectivity index (χ0) is 17.6. The summed E-state index contributed by atoms with van der Waals surface area (Å²) in [7, 11) is 0. The average molecular weight is 370 g/mol. The molecule has 0 bridgehead atoms. The molecule has 8 heteroatoms. The smallest absolute Gasteiger partial charge is 0.234 e. The number of hydrogen-bond acceptors (Lipinski definition) is 5. The molecule has 0 atom stereocenters. The van der Waals surface area contributed by atoms with Crippen LogP contribution in [0.2, 0.25) is 5.02 Å². The first kappa shape index (κ1) is 17.0. The molecule has 0 radical (unpaired) electrons. The van der Waals surface area contributed by atoms with E-state index in [0.717, 1.165) is 5.56 Å². The van der Waals surface area contributed by atoms with Gasteiger partial charge in [-0.05, 0) is 36.4 Å². The van der Waals surface area contributed by atoms with Crippen molar-refractivity contribution in [3.8, 4) is 17.5 Å². The molecule has 2 N–H and O–H groups in total. The predicted octanol–water partition coefficient (Wildman–Crippen LogP) is 3.73. The number of thioether (sulfide) groups is 1. The molecule has 0 aliphatic rings. The van der Waals surface area contributed by atoms with E-state index in [1.807, 2.05) is 18.2 Å². The minimum absolute atomic E-state index is 0.137. The van der Waals surface area contributed by atoms with Gasteiger partial charge in [0.25, 0.3) is 0 Å². The van der Waals surface area contributed by atoms with E-state index in [-0.39, 0.29) is 11.7 Å². The summed E-state index contributed by atoms with van der Waals surface area (Å²) >= 11 is 7.07. The number of H-pyrrole nitrogens is 1. The largest absolute Gasteiger partial charge is 0.324 e. The average Bonchev–Trinajstić information content (AvgIpc) is 3.10. The van der Waals surface area contributed by atoms with Crippen molar-refractivity contribution in [3.63, 3.8) is 0 Å². The SMILES string of the molecule is N#Cc1ccccc1NC(=O)CSc1n[nH]c(-c2ccc(Cl)cc2)n1. The van der Waals surface area contributed by atoms with Crippen LogP contribution in [0.25, 0.3) is 11.4 Å². The Bertz CT molecular complexity index is 933. The lowest BCUT2D eigenvalue weighted by Crippen LogP contribution is -2.15. The molecular weight excluding hydrogens is 358 g/mol. The van der Waals surface area contributed by atoms with Crippen LogP contribution in [-0.4, -0.2) is 26.8 Å². The Kier molecular flexibility index (Phi) is 5.33. The summed E-state index contributed by atoms with van der Waals surface area (Å²) in [5.41, 5.74) is 1.77. The summed E-state index contributed by atoms with van der Waals surface area (Å²) in [4.78, 5) is 16.4. The summed E-state index contributed by atoms with van der Waals surface area (Å²) in [5.74, 6) is 0.512. The highest BCUT2D eigenvalue weighted by atomic mass is 35.5. The number of hydrogen-bond donors (Lipinski definition) is 2. The second-order valence-electron chi connectivity index (χ2n) is 4.97. The zero-order valence-corrected chi connectivity index (χ0v) is 14.4. The van der Waals surface area contributed by atoms with Crippen molar-refractivity contribution in [2.75, 3.05) is 11.1 Å². The number of rotatable bonds is 5. The lowest BCUT2D eigenvalue weighted by atomic mass is 10.2. The van der Waals surface area contributed by atoms with E-state index >= 15 is 0 Å². The molecule has 124 valence electrons. The van der Waals surface area contributed by atoms with E-state index in [1.54, 1.807) is 36.4 Å². The van der Waals surface area contributed by atoms with Gasteiger partial charge in [-0.2, -0.15) is 5.26 Å². The Morgan fingerprint density at radius 3 is 2.76 bits per heavy atom. The lowest BCUT2D eigenvalue weighted by Gasteiger charge is -2.05. The van der Waals surface area contributed by atoms with E-state index in [4.69, 9.17) is 16.9 Å². The minimum Gasteiger partial charge on any atom is -0.324 e. The second-order valence-corrected chi connectivity index (χ2v) is 6.35. The molecule has 2 aromatic carbocycles. The van der Waals surface area contributed by atoms with Crippen LogP contribution >= 0.6 is 23.4 Å². The fourth-order valence-corrected chi connectivity index (χ4v) is 2.78. The molecule has 0 aliphatic carbocycles. The second kappa shape index (κ2) is 7.83. The van der Waals surface area contributed by atoms with Crippen molar-refractivity contribution in [3.05, 3.63) is 59.1 Å². The summed E-state index contributed by atoms with van der Waals surface area (Å²) < 4.78 is 0. The molecule has 0 aliphatic heterocycles. The molecule has 0 unspecified atom stereocenters. The quantitative estimate of drug-likeness (QED) is 0.668. The van der Waals surface area contributed by atoms with E-state index in [9.17, 15) is 4.79 Å². The standard InChI is InChI=1S/C17H12ClN5OS/c18-13-7-5-11(6-8-13)16-21-17(23-22-16)25-10-15(24)20-14-4-2-1-3-12(14)9-19/h1-8H,10H2,(H,20,24)(H,21,22,23). The number of aromatic nitrogens is 3. The molecule has 25 heavy (non-hydrogen) atoms. The van der Waals surface area contributed by atoms with Crippen LogP contribution in [0.15, 0.2) is 53.7 Å². The van der Waals surface area contributed by atoms with Crippen LogP contribution in [-0.2, 0) is 4.79 Å². The number of nitrogens with one attached hydrogen (secondary N) is 2. The van der Waals surface area contributed by atoms with Gasteiger partial charge in [0.05, 0.1) is 17.0 Å². The van der Waals surface area contributed by atoms with Crippen LogP contribution in [0.3, 0.4) is 0 Å². The first-order valence-corrected chi connectivity index (χ1v) is 8.62. The number of aromatic amines is 1. The molecule has 0 fully saturated rings. The summed E-state index contributed by atoms with van der Waals surface area (Å²) in [5, 5.41) is 19.8. The van der Waals surface area contributed by atoms with Crippen LogP contribution in [0.1, 0.15) is 5.56 Å². The molecule has 3 aromatic rings. The van der Waals surface area contributed by atoms with Gasteiger partial charge in [0.1, 0.15) is 6.07 Å². The lowest BCUT2D eigenvalue weighted by molar-refractivity contribution is -0.113. The third-order valence-corrected chi connectivity index (χ3v) is 4.34. The first-order valence-electron chi connectivity index (χ1n) is 7.26. The highest BCUT2D eigenvalue weighted by molar-refractivity contribution is 7.99. The summed E-state index contributed by atoms with van der Waals surface area (Å²) in [6.45, 7) is 0. The van der Waals surface area contributed by atoms with Gasteiger partial charge in [0, 0.05) is 10.6 Å². The molecule has 1 amide bonds. The van der Waals surface area contributed by atoms with Crippen molar-refractivity contribution in [1.82, 2.24) is 15.2 Å². The third-order valence-electron chi connectivity index (χ3n) is 3.24. The van der Waals surface area contributed by atoms with Gasteiger partial charge in [-0.1, -0.05) is 35.5 Å². The maximum atomic E-state index is 12.0. The van der Waals surface area contributed by atoms with Crippen LogP contribution in [0, 0.1) is 11.3 Å². The van der Waals surface area contributed by atoms with Crippen molar-refractivity contribution in [2.45, 2.75) is 5.16 Å². The number of halogens is 1. The van der Waals surface area contributed by atoms with Crippen molar-refractivity contribution in [1.29, 1.82) is 5.26 Å². The topological polar surface area (TPSA) is 94.5 Å². The highest BCUT2D eigenvalue weighted by Gasteiger charge is 2.10. The Morgan fingerprint density at radius 2 is 2.00 bits per heavy atom. The monoisotopic (exact) mass is 369 g/mol. The number of anilines is 1.